The highest BCUT2D eigenvalue weighted by molar-refractivity contribution is 6.31. The molecule has 0 heterocycles. The second-order valence-corrected chi connectivity index (χ2v) is 4.52. The number of carbonyl (C=O) groups excluding carboxylic acids is 1. The van der Waals surface area contributed by atoms with Gasteiger partial charge in [0.15, 0.2) is 0 Å². The maximum absolute atomic E-state index is 12.0. The molecule has 1 atom stereocenters. The van der Waals surface area contributed by atoms with Crippen LogP contribution in [0.5, 0.6) is 0 Å². The van der Waals surface area contributed by atoms with E-state index in [1.165, 1.54) is 19.2 Å². The molecule has 8 nitrogen and oxygen atoms in total. The van der Waals surface area contributed by atoms with E-state index in [0.717, 1.165) is 6.07 Å². The number of hydrogen-bond donors (Lipinski definition) is 2. The minimum Gasteiger partial charge on any atom is -0.481 e. The van der Waals surface area contributed by atoms with Crippen LogP contribution in [0.1, 0.15) is 16.8 Å². The van der Waals surface area contributed by atoms with Crippen molar-refractivity contribution in [2.45, 2.75) is 12.5 Å². The van der Waals surface area contributed by atoms with Crippen molar-refractivity contribution in [2.75, 3.05) is 13.7 Å². The van der Waals surface area contributed by atoms with E-state index in [1.807, 2.05) is 0 Å². The smallest absolute Gasteiger partial charge is 0.306 e. The number of nitrogens with one attached hydrogen (secondary N) is 1. The number of aliphatic carboxylic acids is 1. The Labute approximate surface area is 124 Å². The van der Waals surface area contributed by atoms with Crippen LogP contribution in [0.4, 0.5) is 5.69 Å². The Bertz CT molecular complexity index is 563. The monoisotopic (exact) mass is 316 g/mol. The number of nitro benzene ring substituents is 1. The number of halogens is 1. The molecule has 0 fully saturated rings. The molecule has 1 aromatic carbocycles. The van der Waals surface area contributed by atoms with Gasteiger partial charge in [-0.3, -0.25) is 19.7 Å². The molecule has 0 spiro atoms. The lowest BCUT2D eigenvalue weighted by Crippen LogP contribution is -2.34. The Hall–Kier alpha value is -2.19. The number of carbonyl (C=O) groups is 2. The minimum absolute atomic E-state index is 0.0920. The highest BCUT2D eigenvalue weighted by Gasteiger charge is 2.21. The molecule has 21 heavy (non-hydrogen) atoms. The summed E-state index contributed by atoms with van der Waals surface area (Å²) >= 11 is 5.72. The fourth-order valence-electron chi connectivity index (χ4n) is 1.58. The largest absolute Gasteiger partial charge is 0.481 e. The van der Waals surface area contributed by atoms with E-state index in [1.54, 1.807) is 0 Å². The molecular formula is C12H13ClN2O6. The number of rotatable bonds is 7. The van der Waals surface area contributed by atoms with Gasteiger partial charge < -0.3 is 15.2 Å². The molecule has 0 aliphatic heterocycles. The third-order valence-electron chi connectivity index (χ3n) is 2.63. The number of nitrogens with zero attached hydrogens (tertiary/aromatic N) is 1. The lowest BCUT2D eigenvalue weighted by molar-refractivity contribution is -0.385. The van der Waals surface area contributed by atoms with Crippen molar-refractivity contribution in [1.82, 2.24) is 5.32 Å². The first-order chi connectivity index (χ1) is 9.85. The zero-order chi connectivity index (χ0) is 16.0. The molecule has 0 bridgehead atoms. The quantitative estimate of drug-likeness (QED) is 0.580. The molecular weight excluding hydrogens is 304 g/mol. The van der Waals surface area contributed by atoms with Crippen molar-refractivity contribution in [3.8, 4) is 0 Å². The first-order valence-corrected chi connectivity index (χ1v) is 6.19. The number of nitro groups is 1. The molecule has 9 heteroatoms. The van der Waals surface area contributed by atoms with Gasteiger partial charge in [-0.2, -0.15) is 0 Å². The first kappa shape index (κ1) is 16.9. The van der Waals surface area contributed by atoms with Crippen molar-refractivity contribution < 1.29 is 24.4 Å². The van der Waals surface area contributed by atoms with E-state index >= 15 is 0 Å². The molecule has 0 aromatic heterocycles. The topological polar surface area (TPSA) is 119 Å². The van der Waals surface area contributed by atoms with Crippen LogP contribution < -0.4 is 5.32 Å². The standard InChI is InChI=1S/C12H13ClN2O6/c1-21-8(5-11(16)17)6-14-12(18)9-4-7(13)2-3-10(9)15(19)20/h2-4,8H,5-6H2,1H3,(H,14,18)(H,16,17). The molecule has 1 unspecified atom stereocenters. The van der Waals surface area contributed by atoms with E-state index in [4.69, 9.17) is 21.4 Å². The summed E-state index contributed by atoms with van der Waals surface area (Å²) in [7, 11) is 1.31. The van der Waals surface area contributed by atoms with E-state index in [9.17, 15) is 19.7 Å². The maximum Gasteiger partial charge on any atom is 0.306 e. The van der Waals surface area contributed by atoms with Crippen molar-refractivity contribution in [3.05, 3.63) is 38.9 Å². The second kappa shape index (κ2) is 7.55. The van der Waals surface area contributed by atoms with Gasteiger partial charge in [0, 0.05) is 24.7 Å². The molecule has 0 saturated heterocycles. The normalized spacial score (nSPS) is 11.7. The average Bonchev–Trinajstić information content (AvgIpc) is 2.42. The van der Waals surface area contributed by atoms with Gasteiger partial charge in [-0.15, -0.1) is 0 Å². The number of carboxylic acids is 1. The SMILES string of the molecule is COC(CNC(=O)c1cc(Cl)ccc1[N+](=O)[O-])CC(=O)O. The Morgan fingerprint density at radius 3 is 2.71 bits per heavy atom. The number of amides is 1. The summed E-state index contributed by atoms with van der Waals surface area (Å²) in [4.78, 5) is 32.7. The lowest BCUT2D eigenvalue weighted by Gasteiger charge is -2.14. The van der Waals surface area contributed by atoms with Crippen molar-refractivity contribution >= 4 is 29.2 Å². The fourth-order valence-corrected chi connectivity index (χ4v) is 1.76. The summed E-state index contributed by atoms with van der Waals surface area (Å²) in [6.45, 7) is -0.0920. The third kappa shape index (κ3) is 5.01. The number of carboxylic acid groups (broad SMARTS) is 1. The van der Waals surface area contributed by atoms with Crippen LogP contribution >= 0.6 is 11.6 Å². The molecule has 2 N–H and O–H groups in total. The van der Waals surface area contributed by atoms with Gasteiger partial charge in [0.05, 0.1) is 17.4 Å². The minimum atomic E-state index is -1.08. The van der Waals surface area contributed by atoms with Gasteiger partial charge in [0.2, 0.25) is 0 Å². The molecule has 114 valence electrons. The van der Waals surface area contributed by atoms with Gasteiger partial charge in [-0.1, -0.05) is 11.6 Å². The van der Waals surface area contributed by atoms with E-state index in [-0.39, 0.29) is 29.2 Å². The average molecular weight is 317 g/mol. The van der Waals surface area contributed by atoms with Crippen molar-refractivity contribution in [3.63, 3.8) is 0 Å². The zero-order valence-electron chi connectivity index (χ0n) is 11.0. The number of ether oxygens (including phenoxy) is 1. The molecule has 0 saturated carbocycles. The van der Waals surface area contributed by atoms with Gasteiger partial charge in [0.25, 0.3) is 11.6 Å². The van der Waals surface area contributed by atoms with Crippen LogP contribution in [-0.2, 0) is 9.53 Å². The summed E-state index contributed by atoms with van der Waals surface area (Å²) in [5.74, 6) is -1.80. The van der Waals surface area contributed by atoms with Crippen LogP contribution in [-0.4, -0.2) is 41.7 Å². The third-order valence-corrected chi connectivity index (χ3v) is 2.86. The van der Waals surface area contributed by atoms with E-state index in [2.05, 4.69) is 5.32 Å². The van der Waals surface area contributed by atoms with Crippen LogP contribution in [0.15, 0.2) is 18.2 Å². The molecule has 0 aliphatic carbocycles. The highest BCUT2D eigenvalue weighted by Crippen LogP contribution is 2.22. The molecule has 0 aliphatic rings. The molecule has 1 rings (SSSR count). The van der Waals surface area contributed by atoms with E-state index < -0.39 is 22.9 Å². The summed E-state index contributed by atoms with van der Waals surface area (Å²) in [5.41, 5.74) is -0.582. The Kier molecular flexibility index (Phi) is 6.07. The Balaban J connectivity index is 2.82. The number of hydrogen-bond acceptors (Lipinski definition) is 5. The summed E-state index contributed by atoms with van der Waals surface area (Å²) in [6.07, 6.45) is -1.03. The van der Waals surface area contributed by atoms with Crippen LogP contribution in [0, 0.1) is 10.1 Å². The summed E-state index contributed by atoms with van der Waals surface area (Å²) < 4.78 is 4.89. The molecule has 1 aromatic rings. The fraction of sp³-hybridized carbons (Fsp3) is 0.333. The van der Waals surface area contributed by atoms with Gasteiger partial charge >= 0.3 is 5.97 Å². The number of benzene rings is 1. The maximum atomic E-state index is 12.0. The molecule has 0 radical (unpaired) electrons. The van der Waals surface area contributed by atoms with Crippen molar-refractivity contribution in [2.24, 2.45) is 0 Å². The van der Waals surface area contributed by atoms with Crippen LogP contribution in [0.2, 0.25) is 5.02 Å². The van der Waals surface area contributed by atoms with Crippen LogP contribution in [0.3, 0.4) is 0 Å². The Morgan fingerprint density at radius 1 is 1.52 bits per heavy atom. The van der Waals surface area contributed by atoms with Gasteiger partial charge in [-0.05, 0) is 12.1 Å². The molecule has 1 amide bonds. The van der Waals surface area contributed by atoms with Gasteiger partial charge in [0.1, 0.15) is 5.56 Å². The predicted octanol–water partition coefficient (Wildman–Crippen LogP) is 1.47. The summed E-state index contributed by atoms with van der Waals surface area (Å²) in [5, 5.41) is 22.1. The first-order valence-electron chi connectivity index (χ1n) is 5.82. The lowest BCUT2D eigenvalue weighted by atomic mass is 10.1. The zero-order valence-corrected chi connectivity index (χ0v) is 11.8. The van der Waals surface area contributed by atoms with Crippen LogP contribution in [0.25, 0.3) is 0 Å². The number of methoxy groups -OCH3 is 1. The predicted molar refractivity (Wildman–Crippen MR) is 73.5 cm³/mol. The highest BCUT2D eigenvalue weighted by atomic mass is 35.5. The van der Waals surface area contributed by atoms with Crippen molar-refractivity contribution in [1.29, 1.82) is 0 Å². The summed E-state index contributed by atoms with van der Waals surface area (Å²) in [6, 6.07) is 3.61. The van der Waals surface area contributed by atoms with E-state index in [0.29, 0.717) is 0 Å². The Morgan fingerprint density at radius 2 is 2.19 bits per heavy atom. The second-order valence-electron chi connectivity index (χ2n) is 4.08. The van der Waals surface area contributed by atoms with Gasteiger partial charge in [-0.25, -0.2) is 0 Å².